The summed E-state index contributed by atoms with van der Waals surface area (Å²) in [6, 6.07) is 30.1. The van der Waals surface area contributed by atoms with E-state index >= 15 is 0 Å². The number of hydrogen-bond acceptors (Lipinski definition) is 7. The molecule has 5 aromatic rings. The molecule has 1 unspecified atom stereocenters. The minimum atomic E-state index is -0.553. The number of aryl methyl sites for hydroxylation is 1. The molecule has 0 bridgehead atoms. The smallest absolute Gasteiger partial charge is 0.255 e. The van der Waals surface area contributed by atoms with Crippen LogP contribution in [0.15, 0.2) is 107 Å². The molecule has 0 radical (unpaired) electrons. The van der Waals surface area contributed by atoms with E-state index in [1.807, 2.05) is 103 Å². The normalized spacial score (nSPS) is 11.4. The zero-order chi connectivity index (χ0) is 29.5. The largest absolute Gasteiger partial charge is 0.493 e. The average Bonchev–Trinajstić information content (AvgIpc) is 3.48. The lowest BCUT2D eigenvalue weighted by Gasteiger charge is -2.17. The Labute approximate surface area is 252 Å². The van der Waals surface area contributed by atoms with Crippen LogP contribution in [0.25, 0.3) is 11.3 Å². The minimum absolute atomic E-state index is 0.188. The van der Waals surface area contributed by atoms with Gasteiger partial charge >= 0.3 is 0 Å². The van der Waals surface area contributed by atoms with E-state index in [2.05, 4.69) is 15.6 Å². The zero-order valence-corrected chi connectivity index (χ0v) is 24.9. The topological polar surface area (TPSA) is 89.6 Å². The molecule has 212 valence electrons. The Morgan fingerprint density at radius 3 is 2.38 bits per heavy atom. The average molecular weight is 596 g/mol. The van der Waals surface area contributed by atoms with Crippen LogP contribution in [0.2, 0.25) is 0 Å². The number of benzene rings is 4. The number of nitrogens with one attached hydrogen (secondary N) is 2. The number of carbonyl (C=O) groups excluding carboxylic acids is 2. The van der Waals surface area contributed by atoms with Gasteiger partial charge in [0.15, 0.2) is 16.6 Å². The van der Waals surface area contributed by atoms with E-state index < -0.39 is 5.25 Å². The van der Waals surface area contributed by atoms with E-state index in [1.54, 1.807) is 20.3 Å². The molecule has 1 heterocycles. The molecule has 7 nitrogen and oxygen atoms in total. The lowest BCUT2D eigenvalue weighted by molar-refractivity contribution is -0.115. The van der Waals surface area contributed by atoms with E-state index in [0.29, 0.717) is 27.9 Å². The molecule has 5 rings (SSSR count). The first kappa shape index (κ1) is 28.9. The Kier molecular flexibility index (Phi) is 9.21. The maximum absolute atomic E-state index is 13.7. The molecule has 42 heavy (non-hydrogen) atoms. The predicted molar refractivity (Wildman–Crippen MR) is 170 cm³/mol. The summed E-state index contributed by atoms with van der Waals surface area (Å²) in [5, 5.41) is 7.79. The van der Waals surface area contributed by atoms with Gasteiger partial charge in [-0.05, 0) is 61.0 Å². The highest BCUT2D eigenvalue weighted by Crippen LogP contribution is 2.38. The van der Waals surface area contributed by atoms with Gasteiger partial charge in [-0.25, -0.2) is 4.98 Å². The third-order valence-electron chi connectivity index (χ3n) is 6.38. The second kappa shape index (κ2) is 13.4. The second-order valence-corrected chi connectivity index (χ2v) is 11.4. The van der Waals surface area contributed by atoms with Crippen molar-refractivity contribution >= 4 is 45.7 Å². The fraction of sp³-hybridized carbons (Fsp3) is 0.121. The first-order valence-electron chi connectivity index (χ1n) is 13.1. The quantitative estimate of drug-likeness (QED) is 0.160. The van der Waals surface area contributed by atoms with Crippen LogP contribution in [-0.2, 0) is 4.79 Å². The van der Waals surface area contributed by atoms with Crippen molar-refractivity contribution < 1.29 is 19.1 Å². The highest BCUT2D eigenvalue weighted by atomic mass is 32.2. The van der Waals surface area contributed by atoms with Crippen molar-refractivity contribution in [1.82, 2.24) is 4.98 Å². The highest BCUT2D eigenvalue weighted by molar-refractivity contribution is 8.00. The van der Waals surface area contributed by atoms with Crippen molar-refractivity contribution in [3.8, 4) is 22.8 Å². The lowest BCUT2D eigenvalue weighted by atomic mass is 10.1. The minimum Gasteiger partial charge on any atom is -0.493 e. The van der Waals surface area contributed by atoms with E-state index in [0.717, 1.165) is 27.3 Å². The van der Waals surface area contributed by atoms with E-state index in [9.17, 15) is 9.59 Å². The number of aromatic nitrogens is 1. The molecule has 0 spiro atoms. The molecular formula is C33H29N3O4S2. The van der Waals surface area contributed by atoms with Crippen LogP contribution < -0.4 is 20.1 Å². The van der Waals surface area contributed by atoms with Gasteiger partial charge in [0.2, 0.25) is 5.91 Å². The van der Waals surface area contributed by atoms with Crippen molar-refractivity contribution in [2.45, 2.75) is 17.1 Å². The van der Waals surface area contributed by atoms with E-state index in [-0.39, 0.29) is 11.8 Å². The van der Waals surface area contributed by atoms with Crippen molar-refractivity contribution in [3.63, 3.8) is 0 Å². The van der Waals surface area contributed by atoms with Crippen LogP contribution in [0.5, 0.6) is 11.5 Å². The monoisotopic (exact) mass is 595 g/mol. The Morgan fingerprint density at radius 2 is 1.62 bits per heavy atom. The Morgan fingerprint density at radius 1 is 0.833 bits per heavy atom. The number of carbonyl (C=O) groups is 2. The molecule has 2 amide bonds. The van der Waals surface area contributed by atoms with Gasteiger partial charge < -0.3 is 20.1 Å². The summed E-state index contributed by atoms with van der Waals surface area (Å²) in [4.78, 5) is 31.9. The van der Waals surface area contributed by atoms with Gasteiger partial charge in [0, 0.05) is 27.1 Å². The Balaban J connectivity index is 1.34. The summed E-state index contributed by atoms with van der Waals surface area (Å²) in [5.41, 5.74) is 4.68. The number of amides is 2. The number of rotatable bonds is 10. The molecule has 9 heteroatoms. The third kappa shape index (κ3) is 6.99. The summed E-state index contributed by atoms with van der Waals surface area (Å²) < 4.78 is 10.7. The van der Waals surface area contributed by atoms with Crippen LogP contribution in [0.1, 0.15) is 26.7 Å². The molecular weight excluding hydrogens is 567 g/mol. The van der Waals surface area contributed by atoms with Crippen molar-refractivity contribution in [1.29, 1.82) is 0 Å². The predicted octanol–water partition coefficient (Wildman–Crippen LogP) is 7.86. The zero-order valence-electron chi connectivity index (χ0n) is 23.3. The Hall–Kier alpha value is -4.60. The van der Waals surface area contributed by atoms with E-state index in [4.69, 9.17) is 9.47 Å². The van der Waals surface area contributed by atoms with Gasteiger partial charge in [0.1, 0.15) is 5.25 Å². The molecule has 0 aliphatic carbocycles. The van der Waals surface area contributed by atoms with Crippen molar-refractivity contribution in [2.75, 3.05) is 24.9 Å². The molecule has 4 aromatic carbocycles. The van der Waals surface area contributed by atoms with Crippen molar-refractivity contribution in [2.24, 2.45) is 0 Å². The molecule has 0 saturated carbocycles. The summed E-state index contributed by atoms with van der Waals surface area (Å²) >= 11 is 2.76. The SMILES string of the molecule is COc1ccc(-c2csc(NC(=O)C(Sc3cccc(NC(=O)c4cccc(C)c4)c3)c3ccccc3)n2)cc1OC. The van der Waals surface area contributed by atoms with Gasteiger partial charge in [-0.1, -0.05) is 54.1 Å². The molecule has 0 aliphatic rings. The molecule has 2 N–H and O–H groups in total. The van der Waals surface area contributed by atoms with Crippen LogP contribution in [0.4, 0.5) is 10.8 Å². The lowest BCUT2D eigenvalue weighted by Crippen LogP contribution is -2.19. The Bertz CT molecular complexity index is 1700. The number of thiazole rings is 1. The van der Waals surface area contributed by atoms with Gasteiger partial charge in [0.25, 0.3) is 5.91 Å². The summed E-state index contributed by atoms with van der Waals surface area (Å²) in [6.07, 6.45) is 0. The van der Waals surface area contributed by atoms with Crippen LogP contribution in [0, 0.1) is 6.92 Å². The van der Waals surface area contributed by atoms with Crippen LogP contribution in [0.3, 0.4) is 0 Å². The molecule has 0 saturated heterocycles. The number of thioether (sulfide) groups is 1. The van der Waals surface area contributed by atoms with E-state index in [1.165, 1.54) is 23.1 Å². The standard InChI is InChI=1S/C33H29N3O4S2/c1-21-9-7-12-24(17-21)31(37)34-25-13-8-14-26(19-25)42-30(22-10-5-4-6-11-22)32(38)36-33-35-27(20-41-33)23-15-16-28(39-2)29(18-23)40-3/h4-20,30H,1-3H3,(H,34,37)(H,35,36,38). The fourth-order valence-electron chi connectivity index (χ4n) is 4.30. The van der Waals surface area contributed by atoms with Gasteiger partial charge in [-0.2, -0.15) is 0 Å². The maximum atomic E-state index is 13.7. The number of nitrogens with zero attached hydrogens (tertiary/aromatic N) is 1. The molecule has 0 aliphatic heterocycles. The number of hydrogen-bond donors (Lipinski definition) is 2. The summed E-state index contributed by atoms with van der Waals surface area (Å²) in [7, 11) is 3.18. The number of ether oxygens (including phenoxy) is 2. The van der Waals surface area contributed by atoms with Crippen LogP contribution in [-0.4, -0.2) is 31.0 Å². The first-order valence-corrected chi connectivity index (χ1v) is 14.9. The molecule has 0 fully saturated rings. The molecule has 1 aromatic heterocycles. The number of anilines is 2. The highest BCUT2D eigenvalue weighted by Gasteiger charge is 2.24. The van der Waals surface area contributed by atoms with Gasteiger partial charge in [-0.15, -0.1) is 23.1 Å². The second-order valence-electron chi connectivity index (χ2n) is 9.36. The molecule has 1 atom stereocenters. The first-order chi connectivity index (χ1) is 20.4. The number of methoxy groups -OCH3 is 2. The van der Waals surface area contributed by atoms with Crippen molar-refractivity contribution in [3.05, 3.63) is 119 Å². The van der Waals surface area contributed by atoms with Gasteiger partial charge in [0.05, 0.1) is 19.9 Å². The maximum Gasteiger partial charge on any atom is 0.255 e. The van der Waals surface area contributed by atoms with Gasteiger partial charge in [-0.3, -0.25) is 9.59 Å². The third-order valence-corrected chi connectivity index (χ3v) is 8.39. The van der Waals surface area contributed by atoms with Crippen LogP contribution >= 0.6 is 23.1 Å². The fourth-order valence-corrected chi connectivity index (χ4v) is 6.11. The summed E-state index contributed by atoms with van der Waals surface area (Å²) in [6.45, 7) is 1.95. The summed E-state index contributed by atoms with van der Waals surface area (Å²) in [5.74, 6) is 0.846.